The van der Waals surface area contributed by atoms with Crippen molar-refractivity contribution in [2.24, 2.45) is 5.73 Å². The highest BCUT2D eigenvalue weighted by molar-refractivity contribution is 7.98. The molecule has 16 heavy (non-hydrogen) atoms. The fraction of sp³-hybridized carbons (Fsp3) is 0.667. The third kappa shape index (κ3) is 3.54. The fourth-order valence-corrected chi connectivity index (χ4v) is 2.71. The number of nitrogens with zero attached hydrogens (tertiary/aromatic N) is 1. The van der Waals surface area contributed by atoms with Crippen molar-refractivity contribution in [3.63, 3.8) is 0 Å². The van der Waals surface area contributed by atoms with Gasteiger partial charge in [0, 0.05) is 23.9 Å². The Hall–Kier alpha value is -0.450. The molecule has 0 saturated heterocycles. The van der Waals surface area contributed by atoms with Crippen molar-refractivity contribution in [3.8, 4) is 0 Å². The van der Waals surface area contributed by atoms with Crippen molar-refractivity contribution in [1.82, 2.24) is 4.90 Å². The second kappa shape index (κ2) is 6.99. The zero-order valence-electron chi connectivity index (χ0n) is 10.4. The number of rotatable bonds is 7. The van der Waals surface area contributed by atoms with E-state index >= 15 is 0 Å². The van der Waals surface area contributed by atoms with Gasteiger partial charge in [0.05, 0.1) is 12.8 Å². The molecule has 0 aliphatic rings. The molecule has 3 nitrogen and oxygen atoms in total. The second-order valence-corrected chi connectivity index (χ2v) is 4.92. The van der Waals surface area contributed by atoms with E-state index in [9.17, 15) is 0 Å². The van der Waals surface area contributed by atoms with Crippen molar-refractivity contribution in [2.75, 3.05) is 19.1 Å². The summed E-state index contributed by atoms with van der Waals surface area (Å²) in [6.45, 7) is 3.63. The van der Waals surface area contributed by atoms with Crippen molar-refractivity contribution in [1.29, 1.82) is 0 Å². The van der Waals surface area contributed by atoms with Crippen LogP contribution in [0.5, 0.6) is 0 Å². The number of hydrogen-bond donors (Lipinski definition) is 1. The predicted octanol–water partition coefficient (Wildman–Crippen LogP) is 2.31. The summed E-state index contributed by atoms with van der Waals surface area (Å²) in [7, 11) is 2.16. The van der Waals surface area contributed by atoms with Gasteiger partial charge in [-0.1, -0.05) is 6.92 Å². The molecule has 1 aromatic rings. The maximum atomic E-state index is 5.62. The quantitative estimate of drug-likeness (QED) is 0.797. The van der Waals surface area contributed by atoms with E-state index in [2.05, 4.69) is 25.1 Å². The molecule has 0 fully saturated rings. The summed E-state index contributed by atoms with van der Waals surface area (Å²) in [5.74, 6) is 2.08. The summed E-state index contributed by atoms with van der Waals surface area (Å²) in [6.07, 6.45) is 5.05. The normalized spacial score (nSPS) is 13.3. The van der Waals surface area contributed by atoms with Gasteiger partial charge in [0.15, 0.2) is 0 Å². The highest BCUT2D eigenvalue weighted by atomic mass is 32.2. The smallest absolute Gasteiger partial charge is 0.121 e. The lowest BCUT2D eigenvalue weighted by atomic mass is 10.2. The third-order valence-electron chi connectivity index (χ3n) is 2.90. The van der Waals surface area contributed by atoms with Crippen LogP contribution in [-0.4, -0.2) is 30.0 Å². The summed E-state index contributed by atoms with van der Waals surface area (Å²) in [6, 6.07) is 2.64. The van der Waals surface area contributed by atoms with Crippen molar-refractivity contribution >= 4 is 11.8 Å². The average Bonchev–Trinajstić information content (AvgIpc) is 2.72. The molecule has 1 rings (SSSR count). The van der Waals surface area contributed by atoms with E-state index in [1.165, 1.54) is 17.7 Å². The largest absolute Gasteiger partial charge is 0.468 e. The maximum Gasteiger partial charge on any atom is 0.121 e. The van der Waals surface area contributed by atoms with Gasteiger partial charge >= 0.3 is 0 Å². The molecular weight excluding hydrogens is 220 g/mol. The van der Waals surface area contributed by atoms with Crippen molar-refractivity contribution in [3.05, 3.63) is 23.7 Å². The summed E-state index contributed by atoms with van der Waals surface area (Å²) >= 11 is 1.90. The van der Waals surface area contributed by atoms with Crippen LogP contribution in [0.2, 0.25) is 0 Å². The van der Waals surface area contributed by atoms with Crippen LogP contribution in [0.3, 0.4) is 0 Å². The molecular formula is C12H22N2OS. The summed E-state index contributed by atoms with van der Waals surface area (Å²) in [5.41, 5.74) is 6.83. The molecule has 0 aliphatic heterocycles. The summed E-state index contributed by atoms with van der Waals surface area (Å²) in [4.78, 5) is 2.38. The van der Waals surface area contributed by atoms with Gasteiger partial charge in [-0.3, -0.25) is 4.90 Å². The molecule has 0 amide bonds. The highest BCUT2D eigenvalue weighted by Crippen LogP contribution is 2.16. The Morgan fingerprint density at radius 1 is 1.56 bits per heavy atom. The SMILES string of the molecule is CCC(CSC)N(C)Cc1ccoc1CN. The van der Waals surface area contributed by atoms with E-state index < -0.39 is 0 Å². The third-order valence-corrected chi connectivity index (χ3v) is 3.61. The van der Waals surface area contributed by atoms with Gasteiger partial charge in [0.25, 0.3) is 0 Å². The van der Waals surface area contributed by atoms with Gasteiger partial charge in [-0.2, -0.15) is 11.8 Å². The fourth-order valence-electron chi connectivity index (χ4n) is 1.83. The minimum absolute atomic E-state index is 0.482. The van der Waals surface area contributed by atoms with E-state index in [1.54, 1.807) is 6.26 Å². The number of hydrogen-bond acceptors (Lipinski definition) is 4. The minimum Gasteiger partial charge on any atom is -0.468 e. The second-order valence-electron chi connectivity index (χ2n) is 4.01. The van der Waals surface area contributed by atoms with Crippen molar-refractivity contribution in [2.45, 2.75) is 32.5 Å². The van der Waals surface area contributed by atoms with Gasteiger partial charge in [-0.05, 0) is 25.8 Å². The first kappa shape index (κ1) is 13.6. The Bertz CT molecular complexity index is 301. The molecule has 92 valence electrons. The van der Waals surface area contributed by atoms with Crippen LogP contribution in [0, 0.1) is 0 Å². The van der Waals surface area contributed by atoms with Crippen molar-refractivity contribution < 1.29 is 4.42 Å². The van der Waals surface area contributed by atoms with E-state index in [0.29, 0.717) is 12.6 Å². The predicted molar refractivity (Wildman–Crippen MR) is 70.5 cm³/mol. The van der Waals surface area contributed by atoms with Gasteiger partial charge in [0.1, 0.15) is 5.76 Å². The van der Waals surface area contributed by atoms with Gasteiger partial charge < -0.3 is 10.2 Å². The molecule has 0 radical (unpaired) electrons. The summed E-state index contributed by atoms with van der Waals surface area (Å²) < 4.78 is 5.33. The van der Waals surface area contributed by atoms with Crippen LogP contribution < -0.4 is 5.73 Å². The first-order valence-electron chi connectivity index (χ1n) is 5.67. The molecule has 1 aromatic heterocycles. The van der Waals surface area contributed by atoms with E-state index in [1.807, 2.05) is 17.8 Å². The van der Waals surface area contributed by atoms with Crippen LogP contribution in [0.4, 0.5) is 0 Å². The maximum absolute atomic E-state index is 5.62. The average molecular weight is 242 g/mol. The van der Waals surface area contributed by atoms with Gasteiger partial charge in [0.2, 0.25) is 0 Å². The standard InChI is InChI=1S/C12H22N2OS/c1-4-11(9-16-3)14(2)8-10-5-6-15-12(10)7-13/h5-6,11H,4,7-9,13H2,1-3H3. The Labute approximate surface area is 102 Å². The lowest BCUT2D eigenvalue weighted by Crippen LogP contribution is -2.32. The molecule has 1 heterocycles. The lowest BCUT2D eigenvalue weighted by molar-refractivity contribution is 0.246. The minimum atomic E-state index is 0.482. The number of thioether (sulfide) groups is 1. The highest BCUT2D eigenvalue weighted by Gasteiger charge is 2.14. The molecule has 0 aromatic carbocycles. The topological polar surface area (TPSA) is 42.4 Å². The lowest BCUT2D eigenvalue weighted by Gasteiger charge is -2.26. The number of furan rings is 1. The van der Waals surface area contributed by atoms with Crippen LogP contribution in [0.15, 0.2) is 16.7 Å². The van der Waals surface area contributed by atoms with Crippen LogP contribution in [-0.2, 0) is 13.1 Å². The van der Waals surface area contributed by atoms with Gasteiger partial charge in [-0.15, -0.1) is 0 Å². The zero-order chi connectivity index (χ0) is 12.0. The van der Waals surface area contributed by atoms with E-state index in [4.69, 9.17) is 10.2 Å². The molecule has 4 heteroatoms. The Morgan fingerprint density at radius 2 is 2.31 bits per heavy atom. The molecule has 0 saturated carbocycles. The summed E-state index contributed by atoms with van der Waals surface area (Å²) in [5, 5.41) is 0. The first-order valence-corrected chi connectivity index (χ1v) is 7.06. The van der Waals surface area contributed by atoms with E-state index in [-0.39, 0.29) is 0 Å². The zero-order valence-corrected chi connectivity index (χ0v) is 11.2. The molecule has 0 aliphatic carbocycles. The Balaban J connectivity index is 2.58. The molecule has 0 bridgehead atoms. The van der Waals surface area contributed by atoms with Crippen LogP contribution >= 0.6 is 11.8 Å². The van der Waals surface area contributed by atoms with Crippen LogP contribution in [0.25, 0.3) is 0 Å². The molecule has 1 unspecified atom stereocenters. The molecule has 1 atom stereocenters. The Kier molecular flexibility index (Phi) is 5.95. The Morgan fingerprint density at radius 3 is 2.88 bits per heavy atom. The first-order chi connectivity index (χ1) is 7.72. The van der Waals surface area contributed by atoms with E-state index in [0.717, 1.165) is 12.3 Å². The van der Waals surface area contributed by atoms with Gasteiger partial charge in [-0.25, -0.2) is 0 Å². The molecule has 0 spiro atoms. The number of nitrogens with two attached hydrogens (primary N) is 1. The van der Waals surface area contributed by atoms with Crippen LogP contribution in [0.1, 0.15) is 24.7 Å². The molecule has 2 N–H and O–H groups in total. The monoisotopic (exact) mass is 242 g/mol.